The van der Waals surface area contributed by atoms with E-state index in [9.17, 15) is 8.42 Å². The Kier molecular flexibility index (Phi) is 5.45. The first-order valence-corrected chi connectivity index (χ1v) is 11.6. The molecule has 1 aliphatic carbocycles. The molecule has 1 N–H and O–H groups in total. The number of nitrogens with zero attached hydrogens (tertiary/aromatic N) is 1. The van der Waals surface area contributed by atoms with E-state index in [2.05, 4.69) is 9.71 Å². The first kappa shape index (κ1) is 18.8. The highest BCUT2D eigenvalue weighted by Crippen LogP contribution is 2.35. The van der Waals surface area contributed by atoms with Crippen LogP contribution in [-0.2, 0) is 10.0 Å². The van der Waals surface area contributed by atoms with Crippen molar-refractivity contribution >= 4 is 44.5 Å². The van der Waals surface area contributed by atoms with Crippen LogP contribution in [0.1, 0.15) is 25.7 Å². The normalized spacial score (nSPS) is 20.8. The number of nitrogens with one attached hydrogen (secondary N) is 1. The Morgan fingerprint density at radius 1 is 1.07 bits per heavy atom. The van der Waals surface area contributed by atoms with Crippen molar-refractivity contribution in [1.29, 1.82) is 0 Å². The van der Waals surface area contributed by atoms with Crippen LogP contribution in [0.2, 0.25) is 5.02 Å². The van der Waals surface area contributed by atoms with Gasteiger partial charge in [-0.05, 0) is 49.2 Å². The maximum absolute atomic E-state index is 12.7. The molecule has 0 amide bonds. The van der Waals surface area contributed by atoms with Gasteiger partial charge in [0.25, 0.3) is 5.22 Å². The average Bonchev–Trinajstić information content (AvgIpc) is 3.06. The molecule has 2 atom stereocenters. The zero-order chi connectivity index (χ0) is 18.9. The molecule has 2 aromatic carbocycles. The van der Waals surface area contributed by atoms with Gasteiger partial charge in [-0.25, -0.2) is 18.1 Å². The predicted octanol–water partition coefficient (Wildman–Crippen LogP) is 4.86. The number of aromatic nitrogens is 1. The van der Waals surface area contributed by atoms with Crippen LogP contribution in [0.3, 0.4) is 0 Å². The van der Waals surface area contributed by atoms with E-state index in [0.29, 0.717) is 10.2 Å². The summed E-state index contributed by atoms with van der Waals surface area (Å²) in [6, 6.07) is 13.7. The molecule has 1 aliphatic rings. The average molecular weight is 423 g/mol. The van der Waals surface area contributed by atoms with Crippen LogP contribution in [0.15, 0.2) is 63.1 Å². The standard InChI is InChI=1S/C19H19ClN2O3S2/c20-13-9-11-14(12-10-13)27(23,24)22-16-6-2-4-8-18(16)26-19-21-15-5-1-3-7-17(15)25-19/h1,3,5,7,9-12,16,18,22H,2,4,6,8H2/t16-,18+/m0/s1. The van der Waals surface area contributed by atoms with Crippen molar-refractivity contribution in [3.05, 3.63) is 53.6 Å². The molecule has 1 saturated carbocycles. The summed E-state index contributed by atoms with van der Waals surface area (Å²) in [4.78, 5) is 4.74. The van der Waals surface area contributed by atoms with Gasteiger partial charge in [-0.15, -0.1) is 0 Å². The number of halogens is 1. The minimum absolute atomic E-state index is 0.0777. The van der Waals surface area contributed by atoms with E-state index in [-0.39, 0.29) is 16.2 Å². The molecule has 0 aliphatic heterocycles. The number of thioether (sulfide) groups is 1. The van der Waals surface area contributed by atoms with Crippen LogP contribution >= 0.6 is 23.4 Å². The number of sulfonamides is 1. The van der Waals surface area contributed by atoms with Gasteiger partial charge in [0.1, 0.15) is 5.52 Å². The summed E-state index contributed by atoms with van der Waals surface area (Å²) in [5.41, 5.74) is 1.56. The van der Waals surface area contributed by atoms with Gasteiger partial charge in [0.05, 0.1) is 4.90 Å². The molecule has 0 radical (unpaired) electrons. The van der Waals surface area contributed by atoms with Crippen LogP contribution in [0.5, 0.6) is 0 Å². The minimum atomic E-state index is -3.60. The number of oxazole rings is 1. The molecule has 4 rings (SSSR count). The third-order valence-corrected chi connectivity index (χ3v) is 7.66. The molecule has 3 aromatic rings. The zero-order valence-corrected chi connectivity index (χ0v) is 16.9. The second-order valence-electron chi connectivity index (χ2n) is 6.57. The third-order valence-electron chi connectivity index (χ3n) is 4.66. The van der Waals surface area contributed by atoms with Crippen molar-refractivity contribution in [2.45, 2.75) is 47.1 Å². The fraction of sp³-hybridized carbons (Fsp3) is 0.316. The maximum Gasteiger partial charge on any atom is 0.257 e. The van der Waals surface area contributed by atoms with E-state index in [0.717, 1.165) is 36.8 Å². The van der Waals surface area contributed by atoms with Gasteiger partial charge in [0, 0.05) is 16.3 Å². The molecule has 8 heteroatoms. The van der Waals surface area contributed by atoms with Crippen LogP contribution < -0.4 is 4.72 Å². The molecule has 27 heavy (non-hydrogen) atoms. The smallest absolute Gasteiger partial charge is 0.257 e. The molecule has 1 heterocycles. The summed E-state index contributed by atoms with van der Waals surface area (Å²) in [6.07, 6.45) is 3.78. The summed E-state index contributed by atoms with van der Waals surface area (Å²) in [7, 11) is -3.60. The van der Waals surface area contributed by atoms with Crippen LogP contribution in [0.25, 0.3) is 11.1 Å². The Labute approximate surface area is 167 Å². The van der Waals surface area contributed by atoms with Gasteiger partial charge in [0.2, 0.25) is 10.0 Å². The third kappa shape index (κ3) is 4.32. The molecule has 0 unspecified atom stereocenters. The minimum Gasteiger partial charge on any atom is -0.431 e. The molecule has 0 bridgehead atoms. The fourth-order valence-corrected chi connectivity index (χ4v) is 6.01. The van der Waals surface area contributed by atoms with E-state index < -0.39 is 10.0 Å². The number of hydrogen-bond donors (Lipinski definition) is 1. The van der Waals surface area contributed by atoms with Crippen molar-refractivity contribution in [3.8, 4) is 0 Å². The Morgan fingerprint density at radius 3 is 2.59 bits per heavy atom. The van der Waals surface area contributed by atoms with Crippen LogP contribution in [-0.4, -0.2) is 24.7 Å². The van der Waals surface area contributed by atoms with Gasteiger partial charge in [-0.3, -0.25) is 0 Å². The van der Waals surface area contributed by atoms with Gasteiger partial charge >= 0.3 is 0 Å². The van der Waals surface area contributed by atoms with E-state index in [1.807, 2.05) is 24.3 Å². The van der Waals surface area contributed by atoms with Crippen molar-refractivity contribution in [3.63, 3.8) is 0 Å². The van der Waals surface area contributed by atoms with Gasteiger partial charge in [-0.1, -0.05) is 48.3 Å². The molecular formula is C19H19ClN2O3S2. The molecular weight excluding hydrogens is 404 g/mol. The fourth-order valence-electron chi connectivity index (χ4n) is 3.28. The highest BCUT2D eigenvalue weighted by Gasteiger charge is 2.31. The van der Waals surface area contributed by atoms with Crippen molar-refractivity contribution < 1.29 is 12.8 Å². The summed E-state index contributed by atoms with van der Waals surface area (Å²) in [5.74, 6) is 0. The SMILES string of the molecule is O=S(=O)(N[C@H]1CCCC[C@H]1Sc1nc2ccccc2o1)c1ccc(Cl)cc1. The van der Waals surface area contributed by atoms with Crippen LogP contribution in [0.4, 0.5) is 0 Å². The lowest BCUT2D eigenvalue weighted by molar-refractivity contribution is 0.417. The number of para-hydroxylation sites is 2. The summed E-state index contributed by atoms with van der Waals surface area (Å²) in [6.45, 7) is 0. The lowest BCUT2D eigenvalue weighted by Gasteiger charge is -2.30. The summed E-state index contributed by atoms with van der Waals surface area (Å²) < 4.78 is 34.2. The number of benzene rings is 2. The van der Waals surface area contributed by atoms with Crippen molar-refractivity contribution in [2.75, 3.05) is 0 Å². The Balaban J connectivity index is 1.52. The van der Waals surface area contributed by atoms with E-state index in [1.54, 1.807) is 12.1 Å². The molecule has 1 fully saturated rings. The molecule has 0 spiro atoms. The monoisotopic (exact) mass is 422 g/mol. The number of fused-ring (bicyclic) bond motifs is 1. The summed E-state index contributed by atoms with van der Waals surface area (Å²) >= 11 is 7.38. The van der Waals surface area contributed by atoms with E-state index >= 15 is 0 Å². The highest BCUT2D eigenvalue weighted by molar-refractivity contribution is 7.99. The predicted molar refractivity (Wildman–Crippen MR) is 108 cm³/mol. The first-order valence-electron chi connectivity index (χ1n) is 8.81. The van der Waals surface area contributed by atoms with Crippen molar-refractivity contribution in [2.24, 2.45) is 0 Å². The maximum atomic E-state index is 12.7. The lowest BCUT2D eigenvalue weighted by atomic mass is 9.96. The Morgan fingerprint density at radius 2 is 1.81 bits per heavy atom. The lowest BCUT2D eigenvalue weighted by Crippen LogP contribution is -2.43. The highest BCUT2D eigenvalue weighted by atomic mass is 35.5. The number of hydrogen-bond acceptors (Lipinski definition) is 5. The van der Waals surface area contributed by atoms with Gasteiger partial charge < -0.3 is 4.42 Å². The quantitative estimate of drug-likeness (QED) is 0.635. The zero-order valence-electron chi connectivity index (χ0n) is 14.5. The topological polar surface area (TPSA) is 72.2 Å². The molecule has 1 aromatic heterocycles. The van der Waals surface area contributed by atoms with E-state index in [1.165, 1.54) is 23.9 Å². The summed E-state index contributed by atoms with van der Waals surface area (Å²) in [5, 5.41) is 1.17. The van der Waals surface area contributed by atoms with Gasteiger partial charge in [-0.2, -0.15) is 0 Å². The Hall–Kier alpha value is -1.54. The van der Waals surface area contributed by atoms with Crippen molar-refractivity contribution in [1.82, 2.24) is 9.71 Å². The Bertz CT molecular complexity index is 1000. The molecule has 142 valence electrons. The molecule has 0 saturated heterocycles. The second kappa shape index (κ2) is 7.83. The largest absolute Gasteiger partial charge is 0.431 e. The van der Waals surface area contributed by atoms with E-state index in [4.69, 9.17) is 16.0 Å². The van der Waals surface area contributed by atoms with Crippen LogP contribution in [0, 0.1) is 0 Å². The second-order valence-corrected chi connectivity index (χ2v) is 9.91. The number of rotatable bonds is 5. The molecule has 5 nitrogen and oxygen atoms in total. The van der Waals surface area contributed by atoms with Gasteiger partial charge in [0.15, 0.2) is 5.58 Å². The first-order chi connectivity index (χ1) is 13.0.